The molecule has 0 saturated heterocycles. The monoisotopic (exact) mass is 313 g/mol. The van der Waals surface area contributed by atoms with Gasteiger partial charge in [0.25, 0.3) is 0 Å². The van der Waals surface area contributed by atoms with E-state index in [1.54, 1.807) is 22.9 Å². The number of nitrogens with zero attached hydrogens (tertiary/aromatic N) is 3. The Morgan fingerprint density at radius 3 is 2.83 bits per heavy atom. The quantitative estimate of drug-likeness (QED) is 0.777. The number of anilines is 1. The maximum atomic E-state index is 13.3. The van der Waals surface area contributed by atoms with Crippen LogP contribution >= 0.6 is 0 Å². The van der Waals surface area contributed by atoms with E-state index in [9.17, 15) is 9.18 Å². The number of amides is 1. The van der Waals surface area contributed by atoms with E-state index in [0.717, 1.165) is 11.4 Å². The van der Waals surface area contributed by atoms with Crippen molar-refractivity contribution in [2.45, 2.75) is 20.3 Å². The Labute approximate surface area is 132 Å². The number of hydrogen-bond donors (Lipinski definition) is 2. The fraction of sp³-hybridized carbons (Fsp3) is 0.188. The van der Waals surface area contributed by atoms with Crippen LogP contribution < -0.4 is 5.32 Å². The Morgan fingerprint density at radius 1 is 1.30 bits per heavy atom. The Morgan fingerprint density at radius 2 is 2.13 bits per heavy atom. The molecule has 2 heterocycles. The van der Waals surface area contributed by atoms with Crippen molar-refractivity contribution in [1.29, 1.82) is 0 Å². The van der Waals surface area contributed by atoms with Crippen molar-refractivity contribution in [2.24, 2.45) is 0 Å². The maximum Gasteiger partial charge on any atom is 0.231 e. The average molecular weight is 313 g/mol. The van der Waals surface area contributed by atoms with Gasteiger partial charge in [-0.1, -0.05) is 6.07 Å². The Bertz CT molecular complexity index is 852. The van der Waals surface area contributed by atoms with Crippen LogP contribution in [0.25, 0.3) is 5.69 Å². The first kappa shape index (κ1) is 15.0. The second-order valence-electron chi connectivity index (χ2n) is 5.33. The lowest BCUT2D eigenvalue weighted by Gasteiger charge is -2.04. The minimum absolute atomic E-state index is 0.163. The van der Waals surface area contributed by atoms with Crippen molar-refractivity contribution < 1.29 is 9.18 Å². The zero-order valence-electron chi connectivity index (χ0n) is 12.8. The summed E-state index contributed by atoms with van der Waals surface area (Å²) in [5.74, 6) is -0.124. The number of benzene rings is 1. The van der Waals surface area contributed by atoms with Crippen LogP contribution in [0.3, 0.4) is 0 Å². The summed E-state index contributed by atoms with van der Waals surface area (Å²) < 4.78 is 14.9. The second kappa shape index (κ2) is 6.04. The smallest absolute Gasteiger partial charge is 0.231 e. The molecular formula is C16H16FN5O. The molecule has 118 valence electrons. The summed E-state index contributed by atoms with van der Waals surface area (Å²) in [7, 11) is 0. The fourth-order valence-electron chi connectivity index (χ4n) is 2.32. The van der Waals surface area contributed by atoms with E-state index in [1.165, 1.54) is 12.1 Å². The molecule has 0 spiro atoms. The van der Waals surface area contributed by atoms with Crippen LogP contribution in [0.1, 0.15) is 17.1 Å². The molecule has 2 N–H and O–H groups in total. The standard InChI is InChI=1S/C16H16FN5O/c1-10-6-13(20-19-10)9-16(23)18-15-7-11(2)22(21-15)14-5-3-4-12(17)8-14/h3-8H,9H2,1-2H3,(H,19,20)(H,18,21,23). The lowest BCUT2D eigenvalue weighted by Crippen LogP contribution is -2.15. The zero-order valence-corrected chi connectivity index (χ0v) is 12.8. The summed E-state index contributed by atoms with van der Waals surface area (Å²) in [6.07, 6.45) is 0.163. The highest BCUT2D eigenvalue weighted by molar-refractivity contribution is 5.91. The normalized spacial score (nSPS) is 10.7. The highest BCUT2D eigenvalue weighted by atomic mass is 19.1. The minimum atomic E-state index is -0.336. The molecule has 0 unspecified atom stereocenters. The van der Waals surface area contributed by atoms with Crippen molar-refractivity contribution in [2.75, 3.05) is 5.32 Å². The molecule has 3 rings (SSSR count). The van der Waals surface area contributed by atoms with Gasteiger partial charge in [-0.25, -0.2) is 9.07 Å². The van der Waals surface area contributed by atoms with Crippen molar-refractivity contribution in [3.63, 3.8) is 0 Å². The van der Waals surface area contributed by atoms with Gasteiger partial charge in [0, 0.05) is 17.5 Å². The van der Waals surface area contributed by atoms with Crippen LogP contribution in [0.15, 0.2) is 36.4 Å². The van der Waals surface area contributed by atoms with Gasteiger partial charge in [0.2, 0.25) is 5.91 Å². The molecule has 0 fully saturated rings. The summed E-state index contributed by atoms with van der Waals surface area (Å²) in [5.41, 5.74) is 2.97. The third kappa shape index (κ3) is 3.45. The van der Waals surface area contributed by atoms with Crippen LogP contribution in [-0.2, 0) is 11.2 Å². The average Bonchev–Trinajstić information content (AvgIpc) is 3.04. The van der Waals surface area contributed by atoms with Gasteiger partial charge in [0.05, 0.1) is 17.8 Å². The molecule has 2 aromatic heterocycles. The number of halogens is 1. The number of aromatic amines is 1. The van der Waals surface area contributed by atoms with Crippen LogP contribution in [-0.4, -0.2) is 25.9 Å². The molecule has 0 aliphatic heterocycles. The van der Waals surface area contributed by atoms with Crippen molar-refractivity contribution in [1.82, 2.24) is 20.0 Å². The van der Waals surface area contributed by atoms with Gasteiger partial charge in [-0.2, -0.15) is 5.10 Å². The summed E-state index contributed by atoms with van der Waals surface area (Å²) >= 11 is 0. The molecule has 0 aliphatic carbocycles. The Kier molecular flexibility index (Phi) is 3.92. The van der Waals surface area contributed by atoms with E-state index in [2.05, 4.69) is 20.6 Å². The van der Waals surface area contributed by atoms with Gasteiger partial charge in [-0.05, 0) is 38.1 Å². The molecule has 0 saturated carbocycles. The van der Waals surface area contributed by atoms with Crippen LogP contribution in [0.2, 0.25) is 0 Å². The van der Waals surface area contributed by atoms with Crippen LogP contribution in [0.4, 0.5) is 10.2 Å². The largest absolute Gasteiger partial charge is 0.309 e. The highest BCUT2D eigenvalue weighted by Gasteiger charge is 2.11. The number of aryl methyl sites for hydroxylation is 2. The van der Waals surface area contributed by atoms with Crippen molar-refractivity contribution >= 4 is 11.7 Å². The third-order valence-electron chi connectivity index (χ3n) is 3.31. The predicted octanol–water partition coefficient (Wildman–Crippen LogP) is 2.53. The topological polar surface area (TPSA) is 75.6 Å². The van der Waals surface area contributed by atoms with Crippen LogP contribution in [0.5, 0.6) is 0 Å². The molecule has 3 aromatic rings. The number of nitrogens with one attached hydrogen (secondary N) is 2. The predicted molar refractivity (Wildman–Crippen MR) is 83.9 cm³/mol. The first-order chi connectivity index (χ1) is 11.0. The molecule has 1 aromatic carbocycles. The number of aromatic nitrogens is 4. The first-order valence-corrected chi connectivity index (χ1v) is 7.14. The summed E-state index contributed by atoms with van der Waals surface area (Å²) in [6, 6.07) is 9.68. The van der Waals surface area contributed by atoms with Gasteiger partial charge in [-0.3, -0.25) is 9.89 Å². The molecule has 0 atom stereocenters. The number of H-pyrrole nitrogens is 1. The maximum absolute atomic E-state index is 13.3. The Balaban J connectivity index is 1.74. The van der Waals surface area contributed by atoms with E-state index >= 15 is 0 Å². The van der Waals surface area contributed by atoms with Gasteiger partial charge < -0.3 is 5.32 Å². The minimum Gasteiger partial charge on any atom is -0.309 e. The summed E-state index contributed by atoms with van der Waals surface area (Å²) in [6.45, 7) is 3.71. The van der Waals surface area contributed by atoms with E-state index in [1.807, 2.05) is 19.9 Å². The van der Waals surface area contributed by atoms with E-state index < -0.39 is 0 Å². The van der Waals surface area contributed by atoms with Crippen molar-refractivity contribution in [3.05, 3.63) is 59.3 Å². The molecule has 6 nitrogen and oxygen atoms in total. The molecule has 0 bridgehead atoms. The van der Waals surface area contributed by atoms with Crippen LogP contribution in [0, 0.1) is 19.7 Å². The summed E-state index contributed by atoms with van der Waals surface area (Å²) in [4.78, 5) is 12.0. The number of carbonyl (C=O) groups excluding carboxylic acids is 1. The van der Waals surface area contributed by atoms with Crippen molar-refractivity contribution in [3.8, 4) is 5.69 Å². The van der Waals surface area contributed by atoms with Gasteiger partial charge >= 0.3 is 0 Å². The zero-order chi connectivity index (χ0) is 16.4. The molecule has 7 heteroatoms. The molecule has 0 radical (unpaired) electrons. The number of rotatable bonds is 4. The second-order valence-corrected chi connectivity index (χ2v) is 5.33. The SMILES string of the molecule is Cc1cc(CC(=O)Nc2cc(C)n(-c3cccc(F)c3)n2)n[nH]1. The third-order valence-corrected chi connectivity index (χ3v) is 3.31. The lowest BCUT2D eigenvalue weighted by atomic mass is 10.3. The fourth-order valence-corrected chi connectivity index (χ4v) is 2.32. The van der Waals surface area contributed by atoms with Gasteiger partial charge in [-0.15, -0.1) is 5.10 Å². The Hall–Kier alpha value is -2.96. The van der Waals surface area contributed by atoms with E-state index in [0.29, 0.717) is 17.2 Å². The molecule has 1 amide bonds. The molecule has 0 aliphatic rings. The lowest BCUT2D eigenvalue weighted by molar-refractivity contribution is -0.115. The summed E-state index contributed by atoms with van der Waals surface area (Å²) in [5, 5.41) is 13.8. The highest BCUT2D eigenvalue weighted by Crippen LogP contribution is 2.16. The number of carbonyl (C=O) groups is 1. The van der Waals surface area contributed by atoms with Gasteiger partial charge in [0.1, 0.15) is 5.82 Å². The number of hydrogen-bond acceptors (Lipinski definition) is 3. The molecule has 23 heavy (non-hydrogen) atoms. The van der Waals surface area contributed by atoms with Gasteiger partial charge in [0.15, 0.2) is 5.82 Å². The van der Waals surface area contributed by atoms with E-state index in [-0.39, 0.29) is 18.1 Å². The molecular weight excluding hydrogens is 297 g/mol. The van der Waals surface area contributed by atoms with E-state index in [4.69, 9.17) is 0 Å². The first-order valence-electron chi connectivity index (χ1n) is 7.14.